The summed E-state index contributed by atoms with van der Waals surface area (Å²) in [4.78, 5) is 23.5. The van der Waals surface area contributed by atoms with E-state index in [0.29, 0.717) is 13.1 Å². The maximum absolute atomic E-state index is 11.6. The van der Waals surface area contributed by atoms with E-state index in [-0.39, 0.29) is 12.5 Å². The van der Waals surface area contributed by atoms with Crippen molar-refractivity contribution in [2.75, 3.05) is 19.7 Å². The van der Waals surface area contributed by atoms with E-state index in [1.54, 1.807) is 12.2 Å². The van der Waals surface area contributed by atoms with Crippen LogP contribution in [-0.4, -0.2) is 47.7 Å². The number of carboxylic acid groups (broad SMARTS) is 1. The molecule has 0 aromatic heterocycles. The normalized spacial score (nSPS) is 11.6. The van der Waals surface area contributed by atoms with E-state index in [1.165, 1.54) is 11.8 Å². The Morgan fingerprint density at radius 1 is 1.38 bits per heavy atom. The lowest BCUT2D eigenvalue weighted by Crippen LogP contribution is -2.36. The van der Waals surface area contributed by atoms with Gasteiger partial charge in [-0.1, -0.05) is 12.2 Å². The Hall–Kier alpha value is -1.62. The molecule has 1 atom stereocenters. The fourth-order valence-electron chi connectivity index (χ4n) is 0.949. The maximum Gasteiger partial charge on any atom is 0.332 e. The van der Waals surface area contributed by atoms with Crippen molar-refractivity contribution >= 4 is 11.9 Å². The third kappa shape index (κ3) is 5.31. The lowest BCUT2D eigenvalue weighted by Gasteiger charge is -2.19. The molecule has 0 saturated carbocycles. The summed E-state index contributed by atoms with van der Waals surface area (Å²) < 4.78 is 4.88. The number of nitrogens with zero attached hydrogens (tertiary/aromatic N) is 1. The summed E-state index contributed by atoms with van der Waals surface area (Å²) in [6.07, 6.45) is 2.18. The number of carboxylic acids is 1. The zero-order valence-corrected chi connectivity index (χ0v) is 9.39. The first-order valence-electron chi connectivity index (χ1n) is 4.86. The monoisotopic (exact) mass is 227 g/mol. The number of ether oxygens (including phenoxy) is 1. The van der Waals surface area contributed by atoms with Crippen LogP contribution >= 0.6 is 0 Å². The van der Waals surface area contributed by atoms with Crippen molar-refractivity contribution in [3.63, 3.8) is 0 Å². The molecule has 0 rings (SSSR count). The largest absolute Gasteiger partial charge is 0.479 e. The van der Waals surface area contributed by atoms with E-state index in [4.69, 9.17) is 9.84 Å². The second-order valence-corrected chi connectivity index (χ2v) is 3.17. The summed E-state index contributed by atoms with van der Waals surface area (Å²) in [7, 11) is 0. The van der Waals surface area contributed by atoms with Crippen molar-refractivity contribution in [2.24, 2.45) is 0 Å². The van der Waals surface area contributed by atoms with Gasteiger partial charge in [-0.2, -0.15) is 0 Å². The summed E-state index contributed by atoms with van der Waals surface area (Å²) in [6.45, 7) is 8.94. The smallest absolute Gasteiger partial charge is 0.332 e. The second-order valence-electron chi connectivity index (χ2n) is 3.17. The molecule has 16 heavy (non-hydrogen) atoms. The van der Waals surface area contributed by atoms with Crippen molar-refractivity contribution in [3.05, 3.63) is 25.3 Å². The van der Waals surface area contributed by atoms with Crippen molar-refractivity contribution < 1.29 is 19.4 Å². The molecule has 90 valence electrons. The highest BCUT2D eigenvalue weighted by Gasteiger charge is 2.16. The number of hydrogen-bond acceptors (Lipinski definition) is 3. The molecule has 0 aromatic carbocycles. The van der Waals surface area contributed by atoms with Crippen molar-refractivity contribution in [3.8, 4) is 0 Å². The molecular formula is C11H17NO4. The van der Waals surface area contributed by atoms with E-state index >= 15 is 0 Å². The summed E-state index contributed by atoms with van der Waals surface area (Å²) >= 11 is 0. The molecule has 0 aliphatic heterocycles. The molecule has 1 N–H and O–H groups in total. The third-order valence-corrected chi connectivity index (χ3v) is 1.86. The summed E-state index contributed by atoms with van der Waals surface area (Å²) in [5, 5.41) is 8.56. The number of rotatable bonds is 8. The lowest BCUT2D eigenvalue weighted by molar-refractivity contribution is -0.152. The van der Waals surface area contributed by atoms with E-state index < -0.39 is 12.1 Å². The molecule has 5 heteroatoms. The highest BCUT2D eigenvalue weighted by Crippen LogP contribution is 1.96. The van der Waals surface area contributed by atoms with Gasteiger partial charge in [0.15, 0.2) is 6.10 Å². The second kappa shape index (κ2) is 7.64. The molecule has 5 nitrogen and oxygen atoms in total. The SMILES string of the molecule is C=CCN(CC=C)C(=O)CO[C@@H](C)C(=O)O. The number of aliphatic carboxylic acids is 1. The molecule has 0 saturated heterocycles. The van der Waals surface area contributed by atoms with Crippen LogP contribution in [0.2, 0.25) is 0 Å². The first-order valence-corrected chi connectivity index (χ1v) is 4.86. The Bertz CT molecular complexity index is 265. The first kappa shape index (κ1) is 14.4. The molecule has 0 unspecified atom stereocenters. The molecule has 0 fully saturated rings. The molecular weight excluding hydrogens is 210 g/mol. The van der Waals surface area contributed by atoms with Gasteiger partial charge in [-0.25, -0.2) is 4.79 Å². The summed E-state index contributed by atoms with van der Waals surface area (Å²) in [5.41, 5.74) is 0. The van der Waals surface area contributed by atoms with Crippen LogP contribution in [0, 0.1) is 0 Å². The van der Waals surface area contributed by atoms with Crippen molar-refractivity contribution in [2.45, 2.75) is 13.0 Å². The minimum atomic E-state index is -1.09. The summed E-state index contributed by atoms with van der Waals surface area (Å²) in [5.74, 6) is -1.38. The highest BCUT2D eigenvalue weighted by atomic mass is 16.5. The Morgan fingerprint density at radius 3 is 2.25 bits per heavy atom. The molecule has 0 spiro atoms. The Balaban J connectivity index is 4.14. The molecule has 0 aliphatic carbocycles. The minimum Gasteiger partial charge on any atom is -0.479 e. The third-order valence-electron chi connectivity index (χ3n) is 1.86. The quantitative estimate of drug-likeness (QED) is 0.619. The van der Waals surface area contributed by atoms with Crippen LogP contribution in [0.1, 0.15) is 6.92 Å². The van der Waals surface area contributed by atoms with Crippen LogP contribution in [0.15, 0.2) is 25.3 Å². The van der Waals surface area contributed by atoms with Crippen molar-refractivity contribution in [1.29, 1.82) is 0 Å². The fraction of sp³-hybridized carbons (Fsp3) is 0.455. The van der Waals surface area contributed by atoms with Gasteiger partial charge in [0.2, 0.25) is 5.91 Å². The zero-order valence-electron chi connectivity index (χ0n) is 9.39. The standard InChI is InChI=1S/C11H17NO4/c1-4-6-12(7-5-2)10(13)8-16-9(3)11(14)15/h4-5,9H,1-2,6-8H2,3H3,(H,14,15)/t9-/m0/s1. The maximum atomic E-state index is 11.6. The van der Waals surface area contributed by atoms with Gasteiger partial charge in [0.05, 0.1) is 0 Å². The Labute approximate surface area is 95.0 Å². The molecule has 0 aromatic rings. The van der Waals surface area contributed by atoms with Gasteiger partial charge in [-0.05, 0) is 6.92 Å². The lowest BCUT2D eigenvalue weighted by atomic mass is 10.4. The first-order chi connectivity index (χ1) is 7.52. The average molecular weight is 227 g/mol. The molecule has 1 amide bonds. The number of hydrogen-bond donors (Lipinski definition) is 1. The molecule has 0 aliphatic rings. The molecule has 0 radical (unpaired) electrons. The zero-order chi connectivity index (χ0) is 12.6. The van der Waals surface area contributed by atoms with E-state index in [2.05, 4.69) is 13.2 Å². The Kier molecular flexibility index (Phi) is 6.87. The van der Waals surface area contributed by atoms with E-state index in [0.717, 1.165) is 0 Å². The molecule has 0 bridgehead atoms. The van der Waals surface area contributed by atoms with Crippen LogP contribution in [-0.2, 0) is 14.3 Å². The van der Waals surface area contributed by atoms with Crippen LogP contribution in [0.3, 0.4) is 0 Å². The Morgan fingerprint density at radius 2 is 1.88 bits per heavy atom. The van der Waals surface area contributed by atoms with Gasteiger partial charge in [-0.15, -0.1) is 13.2 Å². The van der Waals surface area contributed by atoms with Gasteiger partial charge >= 0.3 is 5.97 Å². The minimum absolute atomic E-state index is 0.255. The molecule has 0 heterocycles. The van der Waals surface area contributed by atoms with E-state index in [1.807, 2.05) is 0 Å². The van der Waals surface area contributed by atoms with E-state index in [9.17, 15) is 9.59 Å². The topological polar surface area (TPSA) is 66.8 Å². The number of carbonyl (C=O) groups excluding carboxylic acids is 1. The predicted octanol–water partition coefficient (Wildman–Crippen LogP) is 0.677. The van der Waals surface area contributed by atoms with Crippen LogP contribution in [0.25, 0.3) is 0 Å². The van der Waals surface area contributed by atoms with Gasteiger partial charge < -0.3 is 14.7 Å². The summed E-state index contributed by atoms with van der Waals surface area (Å²) in [6, 6.07) is 0. The van der Waals surface area contributed by atoms with Crippen molar-refractivity contribution in [1.82, 2.24) is 4.90 Å². The predicted molar refractivity (Wildman–Crippen MR) is 60.0 cm³/mol. The number of amides is 1. The van der Waals surface area contributed by atoms with Gasteiger partial charge in [0.25, 0.3) is 0 Å². The van der Waals surface area contributed by atoms with Crippen LogP contribution in [0.5, 0.6) is 0 Å². The van der Waals surface area contributed by atoms with Crippen LogP contribution < -0.4 is 0 Å². The average Bonchev–Trinajstić information content (AvgIpc) is 2.24. The highest BCUT2D eigenvalue weighted by molar-refractivity contribution is 5.78. The fourth-order valence-corrected chi connectivity index (χ4v) is 0.949. The van der Waals surface area contributed by atoms with Gasteiger partial charge in [-0.3, -0.25) is 4.79 Å². The van der Waals surface area contributed by atoms with Gasteiger partial charge in [0.1, 0.15) is 6.61 Å². The van der Waals surface area contributed by atoms with Crippen LogP contribution in [0.4, 0.5) is 0 Å². The number of carbonyl (C=O) groups is 2. The van der Waals surface area contributed by atoms with Gasteiger partial charge in [0, 0.05) is 13.1 Å².